The molecule has 0 unspecified atom stereocenters. The van der Waals surface area contributed by atoms with Gasteiger partial charge in [-0.3, -0.25) is 0 Å². The van der Waals surface area contributed by atoms with Crippen molar-refractivity contribution in [3.05, 3.63) is 65.7 Å². The van der Waals surface area contributed by atoms with E-state index in [2.05, 4.69) is 11.6 Å². The normalized spacial score (nSPS) is 17.1. The fourth-order valence-corrected chi connectivity index (χ4v) is 2.69. The maximum atomic E-state index is 12.6. The maximum Gasteiger partial charge on any atom is 0.359 e. The molecule has 1 saturated heterocycles. The average Bonchev–Trinajstić information content (AvgIpc) is 2.92. The summed E-state index contributed by atoms with van der Waals surface area (Å²) in [4.78, 5) is 16.6. The lowest BCUT2D eigenvalue weighted by atomic mass is 10.0. The molecule has 5 nitrogen and oxygen atoms in total. The first kappa shape index (κ1) is 15.8. The number of benzene rings is 1. The molecular formula is C17H17ClN2O3. The highest BCUT2D eigenvalue weighted by Gasteiger charge is 2.41. The third kappa shape index (κ3) is 2.90. The number of carbonyl (C=O) groups is 1. The van der Waals surface area contributed by atoms with E-state index in [4.69, 9.17) is 21.1 Å². The van der Waals surface area contributed by atoms with Crippen LogP contribution in [0.1, 0.15) is 29.0 Å². The highest BCUT2D eigenvalue weighted by atomic mass is 35.5. The fraction of sp³-hybridized carbons (Fsp3) is 0.294. The Morgan fingerprint density at radius 2 is 2.17 bits per heavy atom. The standard InChI is InChI=1S/C17H17ClN2O3/c1-3-17(9-22-10-17)23-16(21)14-15(18)19-11-20(14)12(2)13-7-5-4-6-8-13/h3-8,11-12H,1,9-10H2,2H3/t12-/m1/s1. The van der Waals surface area contributed by atoms with Crippen molar-refractivity contribution in [2.75, 3.05) is 13.2 Å². The minimum Gasteiger partial charge on any atom is -0.445 e. The molecule has 1 fully saturated rings. The molecule has 3 rings (SSSR count). The van der Waals surface area contributed by atoms with E-state index in [0.717, 1.165) is 5.56 Å². The first-order valence-electron chi connectivity index (χ1n) is 7.28. The quantitative estimate of drug-likeness (QED) is 0.623. The molecular weight excluding hydrogens is 316 g/mol. The van der Waals surface area contributed by atoms with E-state index in [1.54, 1.807) is 17.0 Å². The van der Waals surface area contributed by atoms with E-state index in [1.165, 1.54) is 0 Å². The minimum atomic E-state index is -0.772. The van der Waals surface area contributed by atoms with Crippen LogP contribution >= 0.6 is 11.6 Å². The van der Waals surface area contributed by atoms with Gasteiger partial charge in [-0.1, -0.05) is 48.5 Å². The highest BCUT2D eigenvalue weighted by molar-refractivity contribution is 6.32. The first-order chi connectivity index (χ1) is 11.1. The average molecular weight is 333 g/mol. The molecule has 1 aliphatic heterocycles. The van der Waals surface area contributed by atoms with E-state index < -0.39 is 11.6 Å². The topological polar surface area (TPSA) is 53.3 Å². The Balaban J connectivity index is 1.89. The summed E-state index contributed by atoms with van der Waals surface area (Å²) in [5.41, 5.74) is 0.503. The summed E-state index contributed by atoms with van der Waals surface area (Å²) >= 11 is 6.11. The predicted molar refractivity (Wildman–Crippen MR) is 86.7 cm³/mol. The molecule has 1 aromatic carbocycles. The van der Waals surface area contributed by atoms with Gasteiger partial charge in [-0.2, -0.15) is 0 Å². The SMILES string of the molecule is C=CC1(OC(=O)c2c(Cl)ncn2[C@H](C)c2ccccc2)COC1. The van der Waals surface area contributed by atoms with Crippen LogP contribution in [0, 0.1) is 0 Å². The van der Waals surface area contributed by atoms with Gasteiger partial charge in [0.2, 0.25) is 0 Å². The number of nitrogens with zero attached hydrogens (tertiary/aromatic N) is 2. The number of esters is 1. The number of aromatic nitrogens is 2. The Kier molecular flexibility index (Phi) is 4.24. The van der Waals surface area contributed by atoms with Gasteiger partial charge >= 0.3 is 5.97 Å². The molecule has 23 heavy (non-hydrogen) atoms. The fourth-order valence-electron chi connectivity index (χ4n) is 2.47. The monoisotopic (exact) mass is 332 g/mol. The number of carbonyl (C=O) groups excluding carboxylic acids is 1. The summed E-state index contributed by atoms with van der Waals surface area (Å²) in [5, 5.41) is 0.122. The molecule has 120 valence electrons. The maximum absolute atomic E-state index is 12.6. The molecule has 2 heterocycles. The van der Waals surface area contributed by atoms with Crippen LogP contribution in [-0.2, 0) is 9.47 Å². The van der Waals surface area contributed by atoms with Crippen LogP contribution < -0.4 is 0 Å². The Labute approximate surface area is 139 Å². The molecule has 0 bridgehead atoms. The van der Waals surface area contributed by atoms with Crippen LogP contribution in [0.2, 0.25) is 5.15 Å². The summed E-state index contributed by atoms with van der Waals surface area (Å²) in [5.74, 6) is -0.529. The van der Waals surface area contributed by atoms with E-state index in [0.29, 0.717) is 13.2 Å². The molecule has 0 saturated carbocycles. The summed E-state index contributed by atoms with van der Waals surface area (Å²) in [7, 11) is 0. The molecule has 0 spiro atoms. The number of halogens is 1. The van der Waals surface area contributed by atoms with Crippen LogP contribution in [0.3, 0.4) is 0 Å². The van der Waals surface area contributed by atoms with Crippen molar-refractivity contribution in [2.45, 2.75) is 18.6 Å². The van der Waals surface area contributed by atoms with E-state index in [9.17, 15) is 4.79 Å². The summed E-state index contributed by atoms with van der Waals surface area (Å²) in [6, 6.07) is 9.70. The molecule has 1 atom stereocenters. The van der Waals surface area contributed by atoms with E-state index in [1.807, 2.05) is 37.3 Å². The first-order valence-corrected chi connectivity index (χ1v) is 7.66. The zero-order chi connectivity index (χ0) is 16.4. The number of hydrogen-bond donors (Lipinski definition) is 0. The van der Waals surface area contributed by atoms with Crippen LogP contribution in [0.5, 0.6) is 0 Å². The van der Waals surface area contributed by atoms with E-state index in [-0.39, 0.29) is 16.9 Å². The molecule has 0 amide bonds. The molecule has 2 aromatic rings. The van der Waals surface area contributed by atoms with Gasteiger partial charge in [0, 0.05) is 0 Å². The van der Waals surface area contributed by atoms with Crippen LogP contribution in [0.4, 0.5) is 0 Å². The Morgan fingerprint density at radius 3 is 2.74 bits per heavy atom. The highest BCUT2D eigenvalue weighted by Crippen LogP contribution is 2.28. The molecule has 1 aliphatic rings. The number of rotatable bonds is 5. The van der Waals surface area contributed by atoms with Gasteiger partial charge in [0.25, 0.3) is 0 Å². The summed E-state index contributed by atoms with van der Waals surface area (Å²) in [6.07, 6.45) is 3.14. The minimum absolute atomic E-state index is 0.101. The largest absolute Gasteiger partial charge is 0.445 e. The van der Waals surface area contributed by atoms with Gasteiger partial charge in [-0.25, -0.2) is 9.78 Å². The van der Waals surface area contributed by atoms with Gasteiger partial charge in [0.1, 0.15) is 0 Å². The second-order valence-electron chi connectivity index (χ2n) is 5.53. The van der Waals surface area contributed by atoms with Gasteiger partial charge in [-0.15, -0.1) is 0 Å². The molecule has 0 aliphatic carbocycles. The van der Waals surface area contributed by atoms with Crippen molar-refractivity contribution in [3.63, 3.8) is 0 Å². The van der Waals surface area contributed by atoms with Gasteiger partial charge in [0.15, 0.2) is 16.4 Å². The van der Waals surface area contributed by atoms with Crippen LogP contribution in [-0.4, -0.2) is 34.3 Å². The molecule has 0 N–H and O–H groups in total. The molecule has 6 heteroatoms. The third-order valence-corrected chi connectivity index (χ3v) is 4.28. The zero-order valence-electron chi connectivity index (χ0n) is 12.7. The third-order valence-electron chi connectivity index (χ3n) is 4.00. The predicted octanol–water partition coefficient (Wildman–Crippen LogP) is 3.26. The van der Waals surface area contributed by atoms with Gasteiger partial charge in [-0.05, 0) is 18.6 Å². The zero-order valence-corrected chi connectivity index (χ0v) is 13.5. The summed E-state index contributed by atoms with van der Waals surface area (Å²) < 4.78 is 12.4. The van der Waals surface area contributed by atoms with Crippen molar-refractivity contribution < 1.29 is 14.3 Å². The lowest BCUT2D eigenvalue weighted by Gasteiger charge is -2.37. The van der Waals surface area contributed by atoms with Crippen molar-refractivity contribution in [2.24, 2.45) is 0 Å². The number of imidazole rings is 1. The molecule has 1 aromatic heterocycles. The second kappa shape index (κ2) is 6.18. The van der Waals surface area contributed by atoms with Crippen molar-refractivity contribution in [3.8, 4) is 0 Å². The lowest BCUT2D eigenvalue weighted by Crippen LogP contribution is -2.51. The summed E-state index contributed by atoms with van der Waals surface area (Å²) in [6.45, 7) is 6.29. The van der Waals surface area contributed by atoms with Crippen molar-refractivity contribution in [1.82, 2.24) is 9.55 Å². The Bertz CT molecular complexity index is 723. The smallest absolute Gasteiger partial charge is 0.359 e. The lowest BCUT2D eigenvalue weighted by molar-refractivity contribution is -0.152. The number of ether oxygens (including phenoxy) is 2. The number of hydrogen-bond acceptors (Lipinski definition) is 4. The van der Waals surface area contributed by atoms with Crippen molar-refractivity contribution >= 4 is 17.6 Å². The molecule has 0 radical (unpaired) electrons. The van der Waals surface area contributed by atoms with Crippen LogP contribution in [0.25, 0.3) is 0 Å². The Morgan fingerprint density at radius 1 is 1.48 bits per heavy atom. The van der Waals surface area contributed by atoms with Crippen LogP contribution in [0.15, 0.2) is 49.3 Å². The van der Waals surface area contributed by atoms with Crippen molar-refractivity contribution in [1.29, 1.82) is 0 Å². The Hall–Kier alpha value is -2.11. The second-order valence-corrected chi connectivity index (χ2v) is 5.89. The van der Waals surface area contributed by atoms with Gasteiger partial charge in [0.05, 0.1) is 25.6 Å². The van der Waals surface area contributed by atoms with E-state index >= 15 is 0 Å². The van der Waals surface area contributed by atoms with Gasteiger partial charge < -0.3 is 14.0 Å².